The van der Waals surface area contributed by atoms with Gasteiger partial charge in [0.2, 0.25) is 0 Å². The molecule has 0 aromatic heterocycles. The number of ether oxygens (including phenoxy) is 6. The fourth-order valence-corrected chi connectivity index (χ4v) is 22.0. The maximum absolute atomic E-state index is 9.00. The van der Waals surface area contributed by atoms with E-state index in [1.165, 1.54) is 107 Å². The third-order valence-electron chi connectivity index (χ3n) is 27.1. The first-order valence-electron chi connectivity index (χ1n) is 45.3. The molecular formula is C99H126B6Cl2K3O23PPd. The average Bonchev–Trinajstić information content (AvgIpc) is 0.732. The van der Waals surface area contributed by atoms with Crippen molar-refractivity contribution < 1.29 is 286 Å². The summed E-state index contributed by atoms with van der Waals surface area (Å²) >= 11 is 12.3. The van der Waals surface area contributed by atoms with Gasteiger partial charge >= 0.3 is 182 Å². The van der Waals surface area contributed by atoms with Gasteiger partial charge in [-0.3, -0.25) is 14.4 Å². The summed E-state index contributed by atoms with van der Waals surface area (Å²) in [6.45, 7) is 38.0. The van der Waals surface area contributed by atoms with Crippen LogP contribution in [0.15, 0.2) is 152 Å². The molecule has 0 atom stereocenters. The molecule has 3 saturated carbocycles. The monoisotopic (exact) mass is 2070 g/mol. The van der Waals surface area contributed by atoms with Crippen molar-refractivity contribution in [2.75, 3.05) is 14.2 Å². The van der Waals surface area contributed by atoms with Crippen LogP contribution in [0.1, 0.15) is 228 Å². The zero-order valence-corrected chi connectivity index (χ0v) is 96.4. The van der Waals surface area contributed by atoms with Gasteiger partial charge in [0.15, 0.2) is 0 Å². The smallest absolute Gasteiger partial charge is 1.00 e. The van der Waals surface area contributed by atoms with Gasteiger partial charge in [-0.25, -0.2) is 0 Å². The zero-order valence-electron chi connectivity index (χ0n) is 84.1. The summed E-state index contributed by atoms with van der Waals surface area (Å²) in [6, 6.07) is 51.7. The van der Waals surface area contributed by atoms with Crippen LogP contribution in [0.4, 0.5) is 0 Å². The molecule has 0 bridgehead atoms. The minimum Gasteiger partial charge on any atom is -1.00 e. The summed E-state index contributed by atoms with van der Waals surface area (Å²) in [5.41, 5.74) is 11.2. The number of carboxylic acid groups (broad SMARTS) is 3. The Morgan fingerprint density at radius 2 is 0.733 bits per heavy atom. The van der Waals surface area contributed by atoms with Gasteiger partial charge < -0.3 is 97.3 Å². The van der Waals surface area contributed by atoms with Gasteiger partial charge in [0, 0.05) is 73.9 Å². The normalized spacial score (nSPS) is 18.9. The van der Waals surface area contributed by atoms with Gasteiger partial charge in [-0.15, -0.1) is 0 Å². The number of carboxylic acids is 3. The number of methoxy groups -OCH3 is 2. The second kappa shape index (κ2) is 51.3. The van der Waals surface area contributed by atoms with E-state index in [-0.39, 0.29) is 226 Å². The van der Waals surface area contributed by atoms with Crippen LogP contribution in [-0.2, 0) is 86.5 Å². The fourth-order valence-electron chi connectivity index (χ4n) is 17.7. The Hall–Kier alpha value is -2.79. The second-order valence-corrected chi connectivity index (χ2v) is 42.1. The summed E-state index contributed by atoms with van der Waals surface area (Å²) in [4.78, 5) is 38.1. The zero-order chi connectivity index (χ0) is 95.7. The average molecular weight is 2070 g/mol. The van der Waals surface area contributed by atoms with E-state index in [1.807, 2.05) is 135 Å². The van der Waals surface area contributed by atoms with E-state index in [1.54, 1.807) is 12.4 Å². The summed E-state index contributed by atoms with van der Waals surface area (Å²) < 4.78 is 85.1. The van der Waals surface area contributed by atoms with Crippen molar-refractivity contribution in [3.05, 3.63) is 167 Å². The molecule has 0 amide bonds. The summed E-state index contributed by atoms with van der Waals surface area (Å²) in [5.74, 6) is 4.68. The Balaban J connectivity index is 0.000000261. The van der Waals surface area contributed by atoms with Crippen LogP contribution < -0.4 is 237 Å². The molecule has 8 heterocycles. The fraction of sp³-hybridized carbons (Fsp3) is 0.475. The predicted molar refractivity (Wildman–Crippen MR) is 520 cm³/mol. The molecule has 135 heavy (non-hydrogen) atoms. The maximum Gasteiger partial charge on any atom is 1.00 e. The number of aryl methyl sites for hydroxylation is 1. The number of hydrogen-bond donors (Lipinski definition) is 2. The quantitative estimate of drug-likeness (QED) is 0.0486. The molecule has 710 valence electrons. The molecule has 19 rings (SSSR count). The van der Waals surface area contributed by atoms with Crippen LogP contribution in [0.2, 0.25) is 10.0 Å². The van der Waals surface area contributed by atoms with Gasteiger partial charge in [-0.2, -0.15) is 0 Å². The van der Waals surface area contributed by atoms with E-state index >= 15 is 0 Å². The van der Waals surface area contributed by atoms with Gasteiger partial charge in [0.1, 0.15) is 51.7 Å². The summed E-state index contributed by atoms with van der Waals surface area (Å²) in [7, 11) is 1.62. The molecule has 36 heteroatoms. The first-order valence-corrected chi connectivity index (χ1v) is 47.5. The van der Waals surface area contributed by atoms with Crippen LogP contribution in [0.3, 0.4) is 0 Å². The second-order valence-electron chi connectivity index (χ2n) is 38.5. The molecule has 11 aliphatic rings. The van der Waals surface area contributed by atoms with Crippen molar-refractivity contribution in [3.63, 3.8) is 0 Å². The van der Waals surface area contributed by atoms with E-state index in [2.05, 4.69) is 146 Å². The third-order valence-corrected chi connectivity index (χ3v) is 31.1. The molecular weight excluding hydrogens is 1950 g/mol. The van der Waals surface area contributed by atoms with Gasteiger partial charge in [-0.1, -0.05) is 167 Å². The molecule has 8 aromatic rings. The van der Waals surface area contributed by atoms with Crippen molar-refractivity contribution in [3.8, 4) is 62.9 Å². The molecule has 7 fully saturated rings. The number of carbonyl (C=O) groups is 4. The SMILES string of the molecule is CC(=O)O.CC(=O)O.CC(=O)[O-].CC1(C)OB(B2OC(C)(C)C(C)(C)O2)OC1(C)C.CC1(C)OB(c2ccc3c(c2)Oc2cccc4c2B3c2ccc(B3OC(C)(C)C(C)(C)O3)cc2O4)OC1(C)C.COC1CCCC1.COc1cccc(C)c1-c1ccccc1P(C1CCCCC1)C1CCCCC1.Clc1ccc2c(c1)Oc1cccc3c1B2c1ccc(Cl)cc1O3.O=CO[O-].[H-].[K+].[K+].[K+].[Pd]. The van der Waals surface area contributed by atoms with E-state index < -0.39 is 68.6 Å². The van der Waals surface area contributed by atoms with E-state index in [4.69, 9.17) is 129 Å². The largest absolute Gasteiger partial charge is 1.00 e. The van der Waals surface area contributed by atoms with Crippen molar-refractivity contribution in [1.82, 2.24) is 0 Å². The van der Waals surface area contributed by atoms with E-state index in [0.717, 1.165) is 128 Å². The van der Waals surface area contributed by atoms with Crippen molar-refractivity contribution >= 4 is 146 Å². The predicted octanol–water partition coefficient (Wildman–Crippen LogP) is 6.50. The van der Waals surface area contributed by atoms with Crippen LogP contribution >= 0.6 is 31.1 Å². The molecule has 0 unspecified atom stereocenters. The molecule has 8 aromatic carbocycles. The standard InChI is InChI=1S/C30H33B3O6.C26H35OP.C18H9BCl2O2.C12H24B2O4.C6H12O.3C2H4O2.CH2O3.3K.Pd.H/c1-27(2)28(3,4)37-32(36-27)18-12-14-20-24(16-18)34-22-10-9-11-23-26(22)31(20)21-15-13-19(17-25(21)35-23)33-38-29(5,6)30(7,8)39-33;1-20-12-11-18-24(27-2)26(20)23-17-9-10-19-25(23)28(21-13-5-3-6-14-21)22-15-7-4-8-16-22;20-10-4-6-12-16(8-10)22-14-2-1-3-15-18(14)19(12)13-7-5-11(21)9-17(13)23-15;1-9(2)10(3,4)16-13(15-9)14-17-11(5,6)12(7,8)18-14;1-7-6-4-2-3-5-6;3*1-2(3)4;2-1-4-3;;;;;/h9-17H,1-8H3;9-12,17-19,21-22H,3-8,13-16H2,1-2H3;1-9H;1-8H3;6H,2-5H2,1H3;3*1H3,(H,3,4);1,3H;;;;;/q;;;;;;;;;3*+1;;-1/p-2. The third kappa shape index (κ3) is 29.1. The van der Waals surface area contributed by atoms with Crippen LogP contribution in [0.5, 0.6) is 51.7 Å². The number of halogens is 2. The van der Waals surface area contributed by atoms with E-state index in [9.17, 15) is 0 Å². The molecule has 4 saturated heterocycles. The summed E-state index contributed by atoms with van der Waals surface area (Å²) in [6.07, 6.45) is 20.3. The minimum absolute atomic E-state index is 0. The van der Waals surface area contributed by atoms with Crippen molar-refractivity contribution in [2.24, 2.45) is 0 Å². The number of rotatable bonds is 10. The number of benzene rings is 8. The van der Waals surface area contributed by atoms with Gasteiger partial charge in [-0.05, 0) is 290 Å². The first-order chi connectivity index (χ1) is 61.7. The van der Waals surface area contributed by atoms with Gasteiger partial charge in [0.25, 0.3) is 31.8 Å². The van der Waals surface area contributed by atoms with Crippen molar-refractivity contribution in [2.45, 2.75) is 291 Å². The molecule has 0 radical (unpaired) electrons. The molecule has 8 aliphatic heterocycles. The molecule has 2 N–H and O–H groups in total. The summed E-state index contributed by atoms with van der Waals surface area (Å²) in [5, 5.41) is 35.1. The number of fused-ring (bicyclic) bond motifs is 8. The Morgan fingerprint density at radius 1 is 0.437 bits per heavy atom. The molecule has 23 nitrogen and oxygen atoms in total. The Labute approximate surface area is 954 Å². The van der Waals surface area contributed by atoms with Crippen LogP contribution in [0, 0.1) is 6.92 Å². The molecule has 3 aliphatic carbocycles. The maximum atomic E-state index is 9.00. The number of carbonyl (C=O) groups excluding carboxylic acids is 2. The topological polar surface area (TPSA) is 293 Å². The van der Waals surface area contributed by atoms with Crippen LogP contribution in [0.25, 0.3) is 11.1 Å². The van der Waals surface area contributed by atoms with Crippen molar-refractivity contribution in [1.29, 1.82) is 0 Å². The first kappa shape index (κ1) is 119. The minimum atomic E-state index is -1.08. The number of aliphatic carboxylic acids is 3. The molecule has 0 spiro atoms. The van der Waals surface area contributed by atoms with Gasteiger partial charge in [0.05, 0.1) is 58.0 Å². The Kier molecular flexibility index (Phi) is 45.3. The number of hydrogen-bond acceptors (Lipinski definition) is 21. The van der Waals surface area contributed by atoms with Crippen LogP contribution in [-0.4, -0.2) is 153 Å². The Bertz CT molecular complexity index is 5020. The Morgan fingerprint density at radius 3 is 1.04 bits per heavy atom. The van der Waals surface area contributed by atoms with E-state index in [0.29, 0.717) is 16.1 Å².